The van der Waals surface area contributed by atoms with Crippen molar-refractivity contribution >= 4 is 0 Å². The van der Waals surface area contributed by atoms with E-state index < -0.39 is 0 Å². The lowest BCUT2D eigenvalue weighted by atomic mass is 10.1. The van der Waals surface area contributed by atoms with E-state index in [1.807, 2.05) is 0 Å². The molecule has 0 unspecified atom stereocenters. The first kappa shape index (κ1) is 6.92. The van der Waals surface area contributed by atoms with E-state index in [9.17, 15) is 0 Å². The summed E-state index contributed by atoms with van der Waals surface area (Å²) < 4.78 is 0. The molecule has 11 heavy (non-hydrogen) atoms. The van der Waals surface area contributed by atoms with Crippen LogP contribution in [0.5, 0.6) is 0 Å². The van der Waals surface area contributed by atoms with E-state index in [1.54, 1.807) is 0 Å². The van der Waals surface area contributed by atoms with E-state index in [0.29, 0.717) is 12.0 Å². The summed E-state index contributed by atoms with van der Waals surface area (Å²) in [6.07, 6.45) is 1.16. The molecule has 1 aliphatic rings. The number of aromatic amines is 1. The van der Waals surface area contributed by atoms with E-state index in [-0.39, 0.29) is 0 Å². The smallest absolute Gasteiger partial charge is 0.0153 e. The van der Waals surface area contributed by atoms with Crippen LogP contribution in [-0.4, -0.2) is 11.0 Å². The van der Waals surface area contributed by atoms with Crippen LogP contribution in [0.1, 0.15) is 29.3 Å². The zero-order valence-corrected chi connectivity index (χ0v) is 7.02. The van der Waals surface area contributed by atoms with Gasteiger partial charge in [-0.2, -0.15) is 0 Å². The molecule has 1 aromatic rings. The van der Waals surface area contributed by atoms with Crippen molar-refractivity contribution in [3.05, 3.63) is 23.0 Å². The average Bonchev–Trinajstić information content (AvgIpc) is 2.52. The molecule has 1 saturated carbocycles. The molecule has 1 heterocycles. The molecule has 60 valence electrons. The maximum Gasteiger partial charge on any atom is 0.0153 e. The molecule has 1 aromatic heterocycles. The Hall–Kier alpha value is -0.760. The van der Waals surface area contributed by atoms with Crippen LogP contribution in [0.3, 0.4) is 0 Å². The van der Waals surface area contributed by atoms with Gasteiger partial charge in [0.25, 0.3) is 0 Å². The van der Waals surface area contributed by atoms with Gasteiger partial charge in [-0.3, -0.25) is 0 Å². The molecule has 0 radical (unpaired) electrons. The van der Waals surface area contributed by atoms with Crippen LogP contribution < -0.4 is 5.73 Å². The van der Waals surface area contributed by atoms with Crippen LogP contribution in [0.25, 0.3) is 0 Å². The fraction of sp³-hybridized carbons (Fsp3) is 0.556. The number of rotatable bonds is 1. The molecule has 2 nitrogen and oxygen atoms in total. The highest BCUT2D eigenvalue weighted by Crippen LogP contribution is 2.40. The first-order chi connectivity index (χ1) is 5.18. The van der Waals surface area contributed by atoms with Gasteiger partial charge >= 0.3 is 0 Å². The number of hydrogen-bond donors (Lipinski definition) is 2. The van der Waals surface area contributed by atoms with Crippen LogP contribution >= 0.6 is 0 Å². The first-order valence-electron chi connectivity index (χ1n) is 4.10. The van der Waals surface area contributed by atoms with Crippen molar-refractivity contribution < 1.29 is 0 Å². The predicted octanol–water partition coefficient (Wildman–Crippen LogP) is 1.45. The molecule has 1 fully saturated rings. The summed E-state index contributed by atoms with van der Waals surface area (Å²) in [6, 6.07) is 2.64. The van der Waals surface area contributed by atoms with Gasteiger partial charge in [0.2, 0.25) is 0 Å². The molecule has 0 saturated heterocycles. The van der Waals surface area contributed by atoms with Crippen LogP contribution in [0.4, 0.5) is 0 Å². The summed E-state index contributed by atoms with van der Waals surface area (Å²) >= 11 is 0. The highest BCUT2D eigenvalue weighted by atomic mass is 14.8. The van der Waals surface area contributed by atoms with Crippen molar-refractivity contribution in [2.45, 2.75) is 32.2 Å². The SMILES string of the molecule is Cc1cc([C@@H]2C[C@H]2N)c(C)[nH]1. The number of H-pyrrole nitrogens is 1. The standard InChI is InChI=1S/C9H14N2/c1-5-3-7(6(2)11-5)8-4-9(8)10/h3,8-9,11H,4,10H2,1-2H3/t8-,9+/m0/s1. The van der Waals surface area contributed by atoms with E-state index >= 15 is 0 Å². The highest BCUT2D eigenvalue weighted by Gasteiger charge is 2.36. The van der Waals surface area contributed by atoms with Crippen LogP contribution in [-0.2, 0) is 0 Å². The second-order valence-corrected chi connectivity index (χ2v) is 3.54. The normalized spacial score (nSPS) is 29.0. The summed E-state index contributed by atoms with van der Waals surface area (Å²) in [5, 5.41) is 0. The minimum Gasteiger partial charge on any atom is -0.362 e. The Balaban J connectivity index is 2.30. The Labute approximate surface area is 66.8 Å². The van der Waals surface area contributed by atoms with Gasteiger partial charge in [-0.05, 0) is 31.9 Å². The molecule has 3 N–H and O–H groups in total. The summed E-state index contributed by atoms with van der Waals surface area (Å²) in [7, 11) is 0. The Kier molecular flexibility index (Phi) is 1.33. The molecular formula is C9H14N2. The van der Waals surface area contributed by atoms with Crippen LogP contribution in [0, 0.1) is 13.8 Å². The monoisotopic (exact) mass is 150 g/mol. The van der Waals surface area contributed by atoms with Gasteiger partial charge in [-0.1, -0.05) is 0 Å². The van der Waals surface area contributed by atoms with Crippen molar-refractivity contribution in [1.82, 2.24) is 4.98 Å². The molecule has 1 aliphatic carbocycles. The number of nitrogens with one attached hydrogen (secondary N) is 1. The second-order valence-electron chi connectivity index (χ2n) is 3.54. The first-order valence-corrected chi connectivity index (χ1v) is 4.10. The van der Waals surface area contributed by atoms with Gasteiger partial charge in [0, 0.05) is 23.3 Å². The molecule has 0 spiro atoms. The summed E-state index contributed by atoms with van der Waals surface area (Å²) in [5.74, 6) is 0.639. The molecule has 2 rings (SSSR count). The molecule has 0 bridgehead atoms. The average molecular weight is 150 g/mol. The molecule has 0 amide bonds. The summed E-state index contributed by atoms with van der Waals surface area (Å²) in [6.45, 7) is 4.21. The lowest BCUT2D eigenvalue weighted by molar-refractivity contribution is 0.979. The topological polar surface area (TPSA) is 41.8 Å². The maximum absolute atomic E-state index is 5.76. The number of aromatic nitrogens is 1. The lowest BCUT2D eigenvalue weighted by Crippen LogP contribution is -2.00. The second kappa shape index (κ2) is 2.11. The largest absolute Gasteiger partial charge is 0.362 e. The molecular weight excluding hydrogens is 136 g/mol. The third-order valence-electron chi connectivity index (χ3n) is 2.43. The summed E-state index contributed by atoms with van der Waals surface area (Å²) in [4.78, 5) is 3.29. The minimum absolute atomic E-state index is 0.420. The third-order valence-corrected chi connectivity index (χ3v) is 2.43. The summed E-state index contributed by atoms with van der Waals surface area (Å²) in [5.41, 5.74) is 9.73. The third kappa shape index (κ3) is 1.07. The van der Waals surface area contributed by atoms with Crippen LogP contribution in [0.15, 0.2) is 6.07 Å². The zero-order valence-electron chi connectivity index (χ0n) is 7.02. The van der Waals surface area contributed by atoms with Gasteiger partial charge in [0.15, 0.2) is 0 Å². The van der Waals surface area contributed by atoms with Crippen molar-refractivity contribution in [1.29, 1.82) is 0 Å². The van der Waals surface area contributed by atoms with Gasteiger partial charge < -0.3 is 10.7 Å². The lowest BCUT2D eigenvalue weighted by Gasteiger charge is -1.93. The van der Waals surface area contributed by atoms with E-state index in [4.69, 9.17) is 5.73 Å². The van der Waals surface area contributed by atoms with Gasteiger partial charge in [0.1, 0.15) is 0 Å². The minimum atomic E-state index is 0.420. The highest BCUT2D eigenvalue weighted by molar-refractivity contribution is 5.33. The van der Waals surface area contributed by atoms with Gasteiger partial charge in [-0.25, -0.2) is 0 Å². The van der Waals surface area contributed by atoms with Crippen LogP contribution in [0.2, 0.25) is 0 Å². The zero-order chi connectivity index (χ0) is 8.01. The quantitative estimate of drug-likeness (QED) is 0.625. The molecule has 2 heteroatoms. The molecule has 2 atom stereocenters. The Morgan fingerprint density at radius 3 is 2.55 bits per heavy atom. The maximum atomic E-state index is 5.76. The molecule has 0 aliphatic heterocycles. The van der Waals surface area contributed by atoms with Gasteiger partial charge in [-0.15, -0.1) is 0 Å². The fourth-order valence-electron chi connectivity index (χ4n) is 1.70. The van der Waals surface area contributed by atoms with Crippen molar-refractivity contribution in [2.24, 2.45) is 5.73 Å². The number of hydrogen-bond acceptors (Lipinski definition) is 1. The Bertz CT molecular complexity index is 275. The fourth-order valence-corrected chi connectivity index (χ4v) is 1.70. The number of aryl methyl sites for hydroxylation is 2. The van der Waals surface area contributed by atoms with Crippen molar-refractivity contribution in [3.8, 4) is 0 Å². The van der Waals surface area contributed by atoms with E-state index in [1.165, 1.54) is 17.0 Å². The number of nitrogens with two attached hydrogens (primary N) is 1. The van der Waals surface area contributed by atoms with Crippen molar-refractivity contribution in [2.75, 3.05) is 0 Å². The molecule has 0 aromatic carbocycles. The van der Waals surface area contributed by atoms with E-state index in [0.717, 1.165) is 6.42 Å². The Morgan fingerprint density at radius 1 is 1.55 bits per heavy atom. The van der Waals surface area contributed by atoms with Crippen molar-refractivity contribution in [3.63, 3.8) is 0 Å². The predicted molar refractivity (Wildman–Crippen MR) is 45.6 cm³/mol. The van der Waals surface area contributed by atoms with E-state index in [2.05, 4.69) is 24.9 Å². The van der Waals surface area contributed by atoms with Gasteiger partial charge in [0.05, 0.1) is 0 Å². The Morgan fingerprint density at radius 2 is 2.18 bits per heavy atom.